The Labute approximate surface area is 216 Å². The van der Waals surface area contributed by atoms with Gasteiger partial charge in [-0.15, -0.1) is 11.3 Å². The first-order valence-electron chi connectivity index (χ1n) is 11.7. The van der Waals surface area contributed by atoms with Gasteiger partial charge in [-0.25, -0.2) is 14.6 Å². The Morgan fingerprint density at radius 3 is 2.38 bits per heavy atom. The van der Waals surface area contributed by atoms with Crippen LogP contribution in [-0.4, -0.2) is 34.0 Å². The summed E-state index contributed by atoms with van der Waals surface area (Å²) in [5, 5.41) is 14.1. The standard InChI is InChI=1S/C29H22N2O5S/c1-2-23(26(32)30-19-15-13-18(14-16-19)28(33)34)36-29(35)21-10-6-8-17-7-5-9-20(25(17)21)27-31-22-11-3-4-12-24(22)37-27/h3-16,23H,2H2,1H3,(H,30,32)(H,33,34). The molecule has 8 heteroatoms. The molecule has 0 saturated carbocycles. The summed E-state index contributed by atoms with van der Waals surface area (Å²) < 4.78 is 6.73. The number of benzene rings is 4. The fourth-order valence-corrected chi connectivity index (χ4v) is 5.11. The van der Waals surface area contributed by atoms with Gasteiger partial charge in [0.15, 0.2) is 6.10 Å². The van der Waals surface area contributed by atoms with Crippen LogP contribution in [0.15, 0.2) is 84.9 Å². The fraction of sp³-hybridized carbons (Fsp3) is 0.103. The summed E-state index contributed by atoms with van der Waals surface area (Å²) in [7, 11) is 0. The molecule has 1 aromatic heterocycles. The molecule has 2 N–H and O–H groups in total. The van der Waals surface area contributed by atoms with Crippen LogP contribution >= 0.6 is 11.3 Å². The Balaban J connectivity index is 1.43. The minimum absolute atomic E-state index is 0.108. The van der Waals surface area contributed by atoms with E-state index in [1.807, 2.05) is 48.5 Å². The SMILES string of the molecule is CCC(OC(=O)c1cccc2cccc(-c3nc4ccccc4s3)c12)C(=O)Nc1ccc(C(=O)O)cc1. The third-order valence-electron chi connectivity index (χ3n) is 5.96. The highest BCUT2D eigenvalue weighted by atomic mass is 32.1. The molecule has 0 aliphatic heterocycles. The number of aromatic nitrogens is 1. The van der Waals surface area contributed by atoms with Gasteiger partial charge in [-0.3, -0.25) is 4.79 Å². The van der Waals surface area contributed by atoms with E-state index in [0.717, 1.165) is 26.2 Å². The zero-order valence-corrected chi connectivity index (χ0v) is 20.6. The average molecular weight is 511 g/mol. The van der Waals surface area contributed by atoms with Crippen LogP contribution < -0.4 is 5.32 Å². The first kappa shape index (κ1) is 24.1. The number of nitrogens with zero attached hydrogens (tertiary/aromatic N) is 1. The van der Waals surface area contributed by atoms with Crippen molar-refractivity contribution in [2.45, 2.75) is 19.4 Å². The molecular weight excluding hydrogens is 488 g/mol. The number of hydrogen-bond acceptors (Lipinski definition) is 6. The minimum atomic E-state index is -1.06. The maximum atomic E-state index is 13.4. The number of amides is 1. The normalized spacial score (nSPS) is 11.8. The number of aromatic carboxylic acids is 1. The summed E-state index contributed by atoms with van der Waals surface area (Å²) in [6.07, 6.45) is -0.767. The van der Waals surface area contributed by atoms with Gasteiger partial charge in [0.05, 0.1) is 21.3 Å². The van der Waals surface area contributed by atoms with Crippen LogP contribution in [0.1, 0.15) is 34.1 Å². The van der Waals surface area contributed by atoms with Gasteiger partial charge in [-0.2, -0.15) is 0 Å². The molecule has 1 unspecified atom stereocenters. The quantitative estimate of drug-likeness (QED) is 0.246. The van der Waals surface area contributed by atoms with E-state index < -0.39 is 23.9 Å². The van der Waals surface area contributed by atoms with Crippen molar-refractivity contribution < 1.29 is 24.2 Å². The monoisotopic (exact) mass is 510 g/mol. The summed E-state index contributed by atoms with van der Waals surface area (Å²) in [6.45, 7) is 1.75. The van der Waals surface area contributed by atoms with Crippen molar-refractivity contribution in [2.75, 3.05) is 5.32 Å². The van der Waals surface area contributed by atoms with E-state index >= 15 is 0 Å². The molecule has 1 heterocycles. The topological polar surface area (TPSA) is 106 Å². The maximum absolute atomic E-state index is 13.4. The van der Waals surface area contributed by atoms with Crippen LogP contribution in [0.4, 0.5) is 5.69 Å². The summed E-state index contributed by atoms with van der Waals surface area (Å²) in [4.78, 5) is 42.1. The Hall–Kier alpha value is -4.56. The highest BCUT2D eigenvalue weighted by Gasteiger charge is 2.24. The molecule has 0 saturated heterocycles. The molecule has 0 aliphatic rings. The smallest absolute Gasteiger partial charge is 0.339 e. The van der Waals surface area contributed by atoms with E-state index in [-0.39, 0.29) is 12.0 Å². The van der Waals surface area contributed by atoms with Crippen molar-refractivity contribution in [3.05, 3.63) is 96.1 Å². The van der Waals surface area contributed by atoms with Crippen LogP contribution in [0.5, 0.6) is 0 Å². The van der Waals surface area contributed by atoms with Gasteiger partial charge in [0.2, 0.25) is 0 Å². The number of carboxylic acids is 1. The number of fused-ring (bicyclic) bond motifs is 2. The molecule has 184 valence electrons. The van der Waals surface area contributed by atoms with Crippen LogP contribution in [0.3, 0.4) is 0 Å². The molecule has 0 bridgehead atoms. The zero-order valence-electron chi connectivity index (χ0n) is 19.8. The minimum Gasteiger partial charge on any atom is -0.478 e. The third kappa shape index (κ3) is 4.92. The van der Waals surface area contributed by atoms with Crippen molar-refractivity contribution in [3.63, 3.8) is 0 Å². The second-order valence-corrected chi connectivity index (χ2v) is 9.40. The molecule has 5 rings (SSSR count). The number of esters is 1. The number of carbonyl (C=O) groups is 3. The molecule has 0 spiro atoms. The van der Waals surface area contributed by atoms with Gasteiger partial charge < -0.3 is 15.2 Å². The van der Waals surface area contributed by atoms with Gasteiger partial charge in [-0.05, 0) is 54.3 Å². The van der Waals surface area contributed by atoms with E-state index in [9.17, 15) is 14.4 Å². The number of carboxylic acid groups (broad SMARTS) is 1. The number of hydrogen-bond donors (Lipinski definition) is 2. The van der Waals surface area contributed by atoms with Crippen molar-refractivity contribution >= 4 is 55.9 Å². The average Bonchev–Trinajstić information content (AvgIpc) is 3.35. The molecule has 37 heavy (non-hydrogen) atoms. The van der Waals surface area contributed by atoms with Crippen molar-refractivity contribution in [3.8, 4) is 10.6 Å². The van der Waals surface area contributed by atoms with Gasteiger partial charge in [0, 0.05) is 16.6 Å². The zero-order chi connectivity index (χ0) is 25.9. The number of carbonyl (C=O) groups excluding carboxylic acids is 2. The lowest BCUT2D eigenvalue weighted by molar-refractivity contribution is -0.124. The Bertz CT molecular complexity index is 1600. The molecule has 1 atom stereocenters. The molecular formula is C29H22N2O5S. The van der Waals surface area contributed by atoms with E-state index in [4.69, 9.17) is 14.8 Å². The van der Waals surface area contributed by atoms with Crippen molar-refractivity contribution in [1.82, 2.24) is 4.98 Å². The van der Waals surface area contributed by atoms with Crippen molar-refractivity contribution in [1.29, 1.82) is 0 Å². The Morgan fingerprint density at radius 2 is 1.68 bits per heavy atom. The predicted octanol–water partition coefficient (Wildman–Crippen LogP) is 6.39. The maximum Gasteiger partial charge on any atom is 0.339 e. The fourth-order valence-electron chi connectivity index (χ4n) is 4.11. The van der Waals surface area contributed by atoms with Gasteiger partial charge in [-0.1, -0.05) is 49.4 Å². The lowest BCUT2D eigenvalue weighted by Crippen LogP contribution is -2.32. The molecule has 0 fully saturated rings. The number of thiazole rings is 1. The van der Waals surface area contributed by atoms with Gasteiger partial charge in [0.1, 0.15) is 5.01 Å². The Kier molecular flexibility index (Phi) is 6.66. The van der Waals surface area contributed by atoms with E-state index in [0.29, 0.717) is 16.6 Å². The van der Waals surface area contributed by atoms with E-state index in [2.05, 4.69) is 5.32 Å². The highest BCUT2D eigenvalue weighted by Crippen LogP contribution is 2.36. The second-order valence-electron chi connectivity index (χ2n) is 8.37. The molecule has 0 aliphatic carbocycles. The van der Waals surface area contributed by atoms with Gasteiger partial charge in [0.25, 0.3) is 5.91 Å². The third-order valence-corrected chi connectivity index (χ3v) is 7.03. The lowest BCUT2D eigenvalue weighted by atomic mass is 9.99. The highest BCUT2D eigenvalue weighted by molar-refractivity contribution is 7.21. The van der Waals surface area contributed by atoms with Crippen LogP contribution in [-0.2, 0) is 9.53 Å². The molecule has 7 nitrogen and oxygen atoms in total. The number of anilines is 1. The van der Waals surface area contributed by atoms with Crippen LogP contribution in [0.2, 0.25) is 0 Å². The summed E-state index contributed by atoms with van der Waals surface area (Å²) in [6, 6.07) is 24.8. The van der Waals surface area contributed by atoms with Gasteiger partial charge >= 0.3 is 11.9 Å². The predicted molar refractivity (Wildman–Crippen MR) is 144 cm³/mol. The van der Waals surface area contributed by atoms with E-state index in [1.165, 1.54) is 24.3 Å². The van der Waals surface area contributed by atoms with E-state index in [1.54, 1.807) is 30.4 Å². The first-order valence-corrected chi connectivity index (χ1v) is 12.5. The van der Waals surface area contributed by atoms with Crippen LogP contribution in [0.25, 0.3) is 31.6 Å². The number of para-hydroxylation sites is 1. The number of ether oxygens (including phenoxy) is 1. The first-order chi connectivity index (χ1) is 17.9. The molecule has 0 radical (unpaired) electrons. The summed E-state index contributed by atoms with van der Waals surface area (Å²) >= 11 is 1.55. The summed E-state index contributed by atoms with van der Waals surface area (Å²) in [5.74, 6) is -2.16. The van der Waals surface area contributed by atoms with Crippen molar-refractivity contribution in [2.24, 2.45) is 0 Å². The van der Waals surface area contributed by atoms with Crippen LogP contribution in [0, 0.1) is 0 Å². The lowest BCUT2D eigenvalue weighted by Gasteiger charge is -2.17. The molecule has 5 aromatic rings. The summed E-state index contributed by atoms with van der Waals surface area (Å²) in [5.41, 5.74) is 2.58. The second kappa shape index (κ2) is 10.2. The largest absolute Gasteiger partial charge is 0.478 e. The number of rotatable bonds is 7. The molecule has 1 amide bonds. The number of nitrogens with one attached hydrogen (secondary N) is 1. The molecule has 4 aromatic carbocycles. The Morgan fingerprint density at radius 1 is 0.946 bits per heavy atom.